The fourth-order valence-corrected chi connectivity index (χ4v) is 5.73. The average Bonchev–Trinajstić information content (AvgIpc) is 2.69. The minimum absolute atomic E-state index is 0.181. The number of rotatable bonds is 7. The first-order chi connectivity index (χ1) is 13.9. The van der Waals surface area contributed by atoms with Gasteiger partial charge in [0.1, 0.15) is 10.1 Å². The molecule has 13 heteroatoms. The fourth-order valence-electron chi connectivity index (χ4n) is 3.80. The molecule has 0 spiro atoms. The number of hydrogen-bond acceptors (Lipinski definition) is 12. The zero-order valence-electron chi connectivity index (χ0n) is 14.0. The molecule has 2 atom stereocenters. The molecule has 0 aromatic carbocycles. The molecule has 4 aliphatic carbocycles. The molecule has 0 aromatic rings. The average molecular weight is 457 g/mol. The molecular formula is C16H9O10S3-3. The van der Waals surface area contributed by atoms with Crippen LogP contribution in [0.4, 0.5) is 0 Å². The van der Waals surface area contributed by atoms with Crippen molar-refractivity contribution in [1.82, 2.24) is 0 Å². The maximum atomic E-state index is 12.6. The quantitative estimate of drug-likeness (QED) is 0.248. The lowest BCUT2D eigenvalue weighted by atomic mass is 9.64. The van der Waals surface area contributed by atoms with Crippen LogP contribution in [0.15, 0.2) is 79.2 Å². The lowest BCUT2D eigenvalue weighted by molar-refractivity contribution is -0.777. The van der Waals surface area contributed by atoms with Gasteiger partial charge in [0, 0.05) is 21.6 Å². The predicted octanol–water partition coefficient (Wildman–Crippen LogP) is 0.805. The minimum Gasteiger partial charge on any atom is -0.872 e. The topological polar surface area (TPSA) is 160 Å². The molecule has 0 fully saturated rings. The summed E-state index contributed by atoms with van der Waals surface area (Å²) in [7, 11) is -4.87. The van der Waals surface area contributed by atoms with E-state index in [1.54, 1.807) is 12.2 Å². The zero-order valence-corrected chi connectivity index (χ0v) is 16.4. The largest absolute Gasteiger partial charge is 0.872 e. The van der Waals surface area contributed by atoms with Crippen molar-refractivity contribution in [3.05, 3.63) is 79.2 Å². The Balaban J connectivity index is 1.92. The number of allylic oxidation sites excluding steroid dienone is 10. The van der Waals surface area contributed by atoms with Gasteiger partial charge in [0.25, 0.3) is 0 Å². The van der Waals surface area contributed by atoms with Gasteiger partial charge < -0.3 is 14.9 Å². The smallest absolute Gasteiger partial charge is 0.124 e. The summed E-state index contributed by atoms with van der Waals surface area (Å²) in [6.45, 7) is 0. The van der Waals surface area contributed by atoms with Gasteiger partial charge in [-0.25, -0.2) is 13.7 Å². The summed E-state index contributed by atoms with van der Waals surface area (Å²) in [5.41, 5.74) is 1.76. The summed E-state index contributed by atoms with van der Waals surface area (Å²) in [6.07, 6.45) is 8.65. The Hall–Kier alpha value is -1.65. The van der Waals surface area contributed by atoms with E-state index in [2.05, 4.69) is 18.7 Å². The van der Waals surface area contributed by atoms with Crippen molar-refractivity contribution in [1.29, 1.82) is 0 Å². The summed E-state index contributed by atoms with van der Waals surface area (Å²) in [6, 6.07) is 0. The van der Waals surface area contributed by atoms with Crippen molar-refractivity contribution in [3.8, 4) is 0 Å². The van der Waals surface area contributed by atoms with Gasteiger partial charge in [-0.3, -0.25) is 5.04 Å². The third kappa shape index (κ3) is 3.55. The second-order valence-corrected chi connectivity index (χ2v) is 8.92. The van der Waals surface area contributed by atoms with Crippen LogP contribution in [-0.2, 0) is 28.9 Å². The van der Waals surface area contributed by atoms with Crippen LogP contribution < -0.4 is 10.4 Å². The van der Waals surface area contributed by atoms with E-state index in [1.165, 1.54) is 18.2 Å². The third-order valence-electron chi connectivity index (χ3n) is 4.80. The monoisotopic (exact) mass is 457 g/mol. The van der Waals surface area contributed by atoms with Crippen LogP contribution in [0.25, 0.3) is 0 Å². The summed E-state index contributed by atoms with van der Waals surface area (Å²) < 4.78 is 44.4. The molecule has 10 nitrogen and oxygen atoms in total. The van der Waals surface area contributed by atoms with Gasteiger partial charge in [-0.2, -0.15) is 4.33 Å². The first-order valence-electron chi connectivity index (χ1n) is 7.80. The van der Waals surface area contributed by atoms with E-state index in [-0.39, 0.29) is 16.2 Å². The summed E-state index contributed by atoms with van der Waals surface area (Å²) in [5, 5.41) is 38.2. The predicted molar refractivity (Wildman–Crippen MR) is 94.4 cm³/mol. The van der Waals surface area contributed by atoms with Gasteiger partial charge in [-0.05, 0) is 28.4 Å². The molecule has 0 aromatic heterocycles. The Morgan fingerprint density at radius 3 is 2.17 bits per heavy atom. The van der Waals surface area contributed by atoms with E-state index in [9.17, 15) is 23.3 Å². The Kier molecular flexibility index (Phi) is 5.60. The van der Waals surface area contributed by atoms with Crippen molar-refractivity contribution in [3.63, 3.8) is 0 Å². The lowest BCUT2D eigenvalue weighted by Crippen LogP contribution is -2.34. The number of hydrogen-bond donors (Lipinski definition) is 1. The van der Waals surface area contributed by atoms with E-state index in [1.807, 2.05) is 0 Å². The molecule has 29 heavy (non-hydrogen) atoms. The van der Waals surface area contributed by atoms with E-state index in [4.69, 9.17) is 5.26 Å². The summed E-state index contributed by atoms with van der Waals surface area (Å²) >= 11 is 1.07. The zero-order chi connectivity index (χ0) is 20.8. The van der Waals surface area contributed by atoms with Crippen LogP contribution in [0.5, 0.6) is 0 Å². The molecule has 0 amide bonds. The standard InChI is InChI=1S/C16H12O10S3/c17-11-5-12(27-25-23-18)8-2-3-9-13(28-26-24-19)6-14(29(20,21)22)10-4-1-7(11)15(8)16(9)10/h1-6,15-19H,(H,20,21,22)/p-3. The van der Waals surface area contributed by atoms with Crippen LogP contribution in [-0.4, -0.2) is 18.2 Å². The molecule has 4 rings (SSSR count). The molecule has 1 N–H and O–H groups in total. The van der Waals surface area contributed by atoms with Crippen LogP contribution in [0.2, 0.25) is 0 Å². The van der Waals surface area contributed by atoms with E-state index < -0.39 is 26.9 Å². The highest BCUT2D eigenvalue weighted by molar-refractivity contribution is 7.99. The maximum absolute atomic E-state index is 12.6. The van der Waals surface area contributed by atoms with E-state index >= 15 is 0 Å². The lowest BCUT2D eigenvalue weighted by Gasteiger charge is -2.44. The molecule has 0 saturated carbocycles. The van der Waals surface area contributed by atoms with Crippen molar-refractivity contribution >= 4 is 34.2 Å². The SMILES string of the molecule is O=S(=O)([O-])C1=C2C=CC3=C([O-])C=C(SOOO)C4=CC=C(C(SOO[O-])=C1)C2C43. The van der Waals surface area contributed by atoms with Crippen molar-refractivity contribution < 1.29 is 47.3 Å². The molecule has 0 aliphatic heterocycles. The van der Waals surface area contributed by atoms with Crippen LogP contribution in [0.3, 0.4) is 0 Å². The Morgan fingerprint density at radius 2 is 1.55 bits per heavy atom. The maximum Gasteiger partial charge on any atom is 0.124 e. The highest BCUT2D eigenvalue weighted by Gasteiger charge is 2.44. The normalized spacial score (nSPS) is 25.3. The van der Waals surface area contributed by atoms with Crippen LogP contribution in [0.1, 0.15) is 0 Å². The second kappa shape index (κ2) is 7.88. The fraction of sp³-hybridized carbons (Fsp3) is 0.125. The molecule has 2 unspecified atom stereocenters. The first-order valence-corrected chi connectivity index (χ1v) is 10.7. The van der Waals surface area contributed by atoms with Crippen LogP contribution >= 0.6 is 24.1 Å². The molecule has 0 radical (unpaired) electrons. The van der Waals surface area contributed by atoms with E-state index in [0.29, 0.717) is 45.7 Å². The highest BCUT2D eigenvalue weighted by Crippen LogP contribution is 2.56. The summed E-state index contributed by atoms with van der Waals surface area (Å²) in [4.78, 5) is 0.0386. The molecule has 0 saturated heterocycles. The molecule has 4 aliphatic rings. The van der Waals surface area contributed by atoms with Gasteiger partial charge in [0.2, 0.25) is 0 Å². The van der Waals surface area contributed by atoms with Gasteiger partial charge in [-0.1, -0.05) is 35.4 Å². The molecule has 0 heterocycles. The van der Waals surface area contributed by atoms with Crippen molar-refractivity contribution in [2.24, 2.45) is 11.8 Å². The van der Waals surface area contributed by atoms with Gasteiger partial charge in [0.05, 0.1) is 29.0 Å². The Labute approximate surface area is 172 Å². The third-order valence-corrected chi connectivity index (χ3v) is 7.01. The highest BCUT2D eigenvalue weighted by atomic mass is 32.2. The van der Waals surface area contributed by atoms with Gasteiger partial charge in [-0.15, -0.1) is 10.1 Å². The Bertz CT molecular complexity index is 1070. The van der Waals surface area contributed by atoms with Crippen LogP contribution in [0, 0.1) is 11.8 Å². The summed E-state index contributed by atoms with van der Waals surface area (Å²) in [5.74, 6) is -1.66. The second-order valence-electron chi connectivity index (χ2n) is 6.09. The molecule has 154 valence electrons. The van der Waals surface area contributed by atoms with Gasteiger partial charge >= 0.3 is 0 Å². The molecule has 0 bridgehead atoms. The molecular weight excluding hydrogens is 448 g/mol. The van der Waals surface area contributed by atoms with Crippen molar-refractivity contribution in [2.45, 2.75) is 0 Å². The Morgan fingerprint density at radius 1 is 0.966 bits per heavy atom. The van der Waals surface area contributed by atoms with Crippen molar-refractivity contribution in [2.75, 3.05) is 0 Å². The minimum atomic E-state index is -4.87. The van der Waals surface area contributed by atoms with E-state index in [0.717, 1.165) is 6.08 Å². The van der Waals surface area contributed by atoms with Gasteiger partial charge in [0.15, 0.2) is 0 Å². The first kappa shape index (κ1) is 20.6.